The first-order valence-electron chi connectivity index (χ1n) is 3.93. The van der Waals surface area contributed by atoms with Gasteiger partial charge in [-0.25, -0.2) is 4.39 Å². The van der Waals surface area contributed by atoms with Crippen molar-refractivity contribution in [3.8, 4) is 0 Å². The van der Waals surface area contributed by atoms with Crippen molar-refractivity contribution >= 4 is 0 Å². The fourth-order valence-electron chi connectivity index (χ4n) is 1.40. The minimum atomic E-state index is -4.69. The van der Waals surface area contributed by atoms with E-state index in [1.54, 1.807) is 0 Å². The molecule has 0 aromatic heterocycles. The summed E-state index contributed by atoms with van der Waals surface area (Å²) in [4.78, 5) is 0. The fraction of sp³-hybridized carbons (Fsp3) is 1.00. The zero-order valence-electron chi connectivity index (χ0n) is 6.49. The van der Waals surface area contributed by atoms with Crippen LogP contribution in [-0.2, 0) is 0 Å². The highest BCUT2D eigenvalue weighted by Crippen LogP contribution is 2.31. The first kappa shape index (κ1) is 9.77. The number of hydrogen-bond donors (Lipinski definition) is 1. The van der Waals surface area contributed by atoms with Crippen molar-refractivity contribution in [2.45, 2.75) is 25.2 Å². The van der Waals surface area contributed by atoms with Crippen LogP contribution in [0.25, 0.3) is 0 Å². The molecule has 2 atom stereocenters. The van der Waals surface area contributed by atoms with E-state index in [1.165, 1.54) is 0 Å². The van der Waals surface area contributed by atoms with Crippen LogP contribution in [0, 0.1) is 5.92 Å². The van der Waals surface area contributed by atoms with E-state index >= 15 is 0 Å². The van der Waals surface area contributed by atoms with Gasteiger partial charge >= 0.3 is 6.18 Å². The standard InChI is InChI=1S/C7H11F4N/c8-6(7(9,10)11)5-2-1-3-12-4-5/h5-6,12H,1-4H2. The van der Waals surface area contributed by atoms with Crippen LogP contribution in [0.2, 0.25) is 0 Å². The van der Waals surface area contributed by atoms with Crippen LogP contribution in [-0.4, -0.2) is 25.4 Å². The average Bonchev–Trinajstić information content (AvgIpc) is 2.03. The van der Waals surface area contributed by atoms with Crippen molar-refractivity contribution in [1.29, 1.82) is 0 Å². The third-order valence-corrected chi connectivity index (χ3v) is 2.06. The molecule has 0 spiro atoms. The molecule has 1 rings (SSSR count). The Kier molecular flexibility index (Phi) is 2.93. The minimum Gasteiger partial charge on any atom is -0.316 e. The van der Waals surface area contributed by atoms with Crippen molar-refractivity contribution < 1.29 is 17.6 Å². The van der Waals surface area contributed by atoms with Gasteiger partial charge in [-0.3, -0.25) is 0 Å². The first-order chi connectivity index (χ1) is 5.52. The predicted octanol–water partition coefficient (Wildman–Crippen LogP) is 1.89. The number of rotatable bonds is 1. The lowest BCUT2D eigenvalue weighted by Crippen LogP contribution is -2.41. The third-order valence-electron chi connectivity index (χ3n) is 2.06. The van der Waals surface area contributed by atoms with E-state index in [4.69, 9.17) is 0 Å². The highest BCUT2D eigenvalue weighted by atomic mass is 19.4. The second kappa shape index (κ2) is 3.60. The summed E-state index contributed by atoms with van der Waals surface area (Å²) < 4.78 is 48.1. The van der Waals surface area contributed by atoms with Gasteiger partial charge in [-0.1, -0.05) is 0 Å². The van der Waals surface area contributed by atoms with E-state index in [2.05, 4.69) is 5.32 Å². The van der Waals surface area contributed by atoms with Crippen LogP contribution in [0.5, 0.6) is 0 Å². The van der Waals surface area contributed by atoms with Gasteiger partial charge in [0, 0.05) is 12.5 Å². The molecule has 2 unspecified atom stereocenters. The summed E-state index contributed by atoms with van der Waals surface area (Å²) in [5.74, 6) is -0.890. The topological polar surface area (TPSA) is 12.0 Å². The third kappa shape index (κ3) is 2.33. The number of hydrogen-bond acceptors (Lipinski definition) is 1. The Hall–Kier alpha value is -0.320. The van der Waals surface area contributed by atoms with E-state index in [-0.39, 0.29) is 6.54 Å². The molecule has 0 aromatic rings. The molecule has 0 bridgehead atoms. The molecular weight excluding hydrogens is 174 g/mol. The Labute approximate surface area is 68.1 Å². The lowest BCUT2D eigenvalue weighted by molar-refractivity contribution is -0.195. The van der Waals surface area contributed by atoms with Gasteiger partial charge in [0.15, 0.2) is 6.17 Å². The van der Waals surface area contributed by atoms with Crippen molar-refractivity contribution in [3.05, 3.63) is 0 Å². The van der Waals surface area contributed by atoms with Gasteiger partial charge in [0.2, 0.25) is 0 Å². The second-order valence-corrected chi connectivity index (χ2v) is 3.05. The molecule has 5 heteroatoms. The highest BCUT2D eigenvalue weighted by molar-refractivity contribution is 4.80. The van der Waals surface area contributed by atoms with Gasteiger partial charge in [0.1, 0.15) is 0 Å². The Balaban J connectivity index is 2.45. The molecule has 0 aromatic carbocycles. The fourth-order valence-corrected chi connectivity index (χ4v) is 1.40. The number of nitrogens with one attached hydrogen (secondary N) is 1. The van der Waals surface area contributed by atoms with E-state index in [9.17, 15) is 17.6 Å². The molecule has 0 aliphatic carbocycles. The maximum absolute atomic E-state index is 12.6. The van der Waals surface area contributed by atoms with Crippen molar-refractivity contribution in [2.24, 2.45) is 5.92 Å². The van der Waals surface area contributed by atoms with Crippen LogP contribution in [0.3, 0.4) is 0 Å². The molecule has 1 N–H and O–H groups in total. The normalized spacial score (nSPS) is 28.5. The number of alkyl halides is 4. The van der Waals surface area contributed by atoms with Crippen LogP contribution in [0.4, 0.5) is 17.6 Å². The van der Waals surface area contributed by atoms with Gasteiger partial charge in [-0.15, -0.1) is 0 Å². The number of piperidine rings is 1. The van der Waals surface area contributed by atoms with Gasteiger partial charge in [-0.05, 0) is 19.4 Å². The molecule has 1 fully saturated rings. The summed E-state index contributed by atoms with van der Waals surface area (Å²) in [5.41, 5.74) is 0. The van der Waals surface area contributed by atoms with Gasteiger partial charge in [0.25, 0.3) is 0 Å². The molecule has 1 heterocycles. The molecule has 0 saturated carbocycles. The van der Waals surface area contributed by atoms with E-state index in [1.807, 2.05) is 0 Å². The maximum atomic E-state index is 12.6. The lowest BCUT2D eigenvalue weighted by Gasteiger charge is -2.26. The summed E-state index contributed by atoms with van der Waals surface area (Å²) in [5, 5.41) is 2.75. The molecule has 72 valence electrons. The van der Waals surface area contributed by atoms with E-state index in [0.29, 0.717) is 19.4 Å². The van der Waals surface area contributed by atoms with Crippen LogP contribution in [0.15, 0.2) is 0 Å². The average molecular weight is 185 g/mol. The summed E-state index contributed by atoms with van der Waals surface area (Å²) in [6.07, 6.45) is -6.40. The Bertz CT molecular complexity index is 139. The zero-order chi connectivity index (χ0) is 9.19. The number of halogens is 4. The van der Waals surface area contributed by atoms with Crippen molar-refractivity contribution in [2.75, 3.05) is 13.1 Å². The molecule has 0 amide bonds. The van der Waals surface area contributed by atoms with Crippen molar-refractivity contribution in [1.82, 2.24) is 5.32 Å². The quantitative estimate of drug-likeness (QED) is 0.615. The summed E-state index contributed by atoms with van der Waals surface area (Å²) in [6.45, 7) is 0.835. The molecular formula is C7H11F4N. The van der Waals surface area contributed by atoms with Gasteiger partial charge in [0.05, 0.1) is 0 Å². The maximum Gasteiger partial charge on any atom is 0.419 e. The Morgan fingerprint density at radius 1 is 1.33 bits per heavy atom. The van der Waals surface area contributed by atoms with Gasteiger partial charge < -0.3 is 5.32 Å². The largest absolute Gasteiger partial charge is 0.419 e. The molecule has 1 aliphatic heterocycles. The van der Waals surface area contributed by atoms with E-state index < -0.39 is 18.3 Å². The summed E-state index contributed by atoms with van der Waals surface area (Å²) >= 11 is 0. The molecule has 12 heavy (non-hydrogen) atoms. The van der Waals surface area contributed by atoms with E-state index in [0.717, 1.165) is 0 Å². The van der Waals surface area contributed by atoms with Crippen molar-refractivity contribution in [3.63, 3.8) is 0 Å². The zero-order valence-corrected chi connectivity index (χ0v) is 6.49. The first-order valence-corrected chi connectivity index (χ1v) is 3.93. The molecule has 1 nitrogen and oxygen atoms in total. The molecule has 1 aliphatic rings. The van der Waals surface area contributed by atoms with Crippen LogP contribution < -0.4 is 5.32 Å². The lowest BCUT2D eigenvalue weighted by atomic mass is 9.94. The summed E-state index contributed by atoms with van der Waals surface area (Å²) in [7, 11) is 0. The Morgan fingerprint density at radius 2 is 2.00 bits per heavy atom. The SMILES string of the molecule is FC(C1CCCNC1)C(F)(F)F. The second-order valence-electron chi connectivity index (χ2n) is 3.05. The molecule has 0 radical (unpaired) electrons. The minimum absolute atomic E-state index is 0.140. The molecule has 1 saturated heterocycles. The Morgan fingerprint density at radius 3 is 2.42 bits per heavy atom. The monoisotopic (exact) mass is 185 g/mol. The van der Waals surface area contributed by atoms with Crippen LogP contribution in [0.1, 0.15) is 12.8 Å². The van der Waals surface area contributed by atoms with Gasteiger partial charge in [-0.2, -0.15) is 13.2 Å². The van der Waals surface area contributed by atoms with Crippen LogP contribution >= 0.6 is 0 Å². The smallest absolute Gasteiger partial charge is 0.316 e. The highest BCUT2D eigenvalue weighted by Gasteiger charge is 2.45. The summed E-state index contributed by atoms with van der Waals surface area (Å²) in [6, 6.07) is 0. The predicted molar refractivity (Wildman–Crippen MR) is 36.5 cm³/mol.